The molecule has 152 valence electrons. The molecule has 0 saturated carbocycles. The number of primary amides is 1. The predicted molar refractivity (Wildman–Crippen MR) is 118 cm³/mol. The van der Waals surface area contributed by atoms with Crippen molar-refractivity contribution in [3.8, 4) is 10.6 Å². The molecule has 0 radical (unpaired) electrons. The van der Waals surface area contributed by atoms with Gasteiger partial charge in [-0.1, -0.05) is 0 Å². The summed E-state index contributed by atoms with van der Waals surface area (Å²) in [7, 11) is 0. The van der Waals surface area contributed by atoms with Crippen LogP contribution < -0.4 is 16.0 Å². The Balaban J connectivity index is 1.44. The first-order valence-corrected chi connectivity index (χ1v) is 10.4. The summed E-state index contributed by atoms with van der Waals surface area (Å²) in [4.78, 5) is 27.6. The number of H-pyrrole nitrogens is 1. The van der Waals surface area contributed by atoms with E-state index in [9.17, 15) is 4.79 Å². The van der Waals surface area contributed by atoms with Crippen molar-refractivity contribution in [2.75, 3.05) is 36.5 Å². The minimum absolute atomic E-state index is 0.440. The van der Waals surface area contributed by atoms with Crippen molar-refractivity contribution < 1.29 is 9.53 Å². The molecular formula is C21H20N6O2S. The minimum atomic E-state index is -0.440. The monoisotopic (exact) mass is 420 g/mol. The molecule has 0 aliphatic carbocycles. The Labute approximate surface area is 176 Å². The number of thiophene rings is 1. The zero-order valence-corrected chi connectivity index (χ0v) is 16.9. The highest BCUT2D eigenvalue weighted by Gasteiger charge is 2.15. The van der Waals surface area contributed by atoms with Gasteiger partial charge in [-0.3, -0.25) is 4.79 Å². The summed E-state index contributed by atoms with van der Waals surface area (Å²) < 4.78 is 5.42. The number of carbonyl (C=O) groups is 1. The average Bonchev–Trinajstić information content (AvgIpc) is 3.44. The summed E-state index contributed by atoms with van der Waals surface area (Å²) in [6, 6.07) is 13.7. The summed E-state index contributed by atoms with van der Waals surface area (Å²) in [5.41, 5.74) is 8.95. The van der Waals surface area contributed by atoms with Crippen LogP contribution in [0.4, 0.5) is 17.3 Å². The number of ether oxygens (including phenoxy) is 1. The lowest BCUT2D eigenvalue weighted by atomic mass is 10.2. The van der Waals surface area contributed by atoms with E-state index < -0.39 is 5.91 Å². The van der Waals surface area contributed by atoms with Crippen molar-refractivity contribution in [1.29, 1.82) is 0 Å². The van der Waals surface area contributed by atoms with Crippen molar-refractivity contribution in [3.63, 3.8) is 0 Å². The zero-order valence-electron chi connectivity index (χ0n) is 16.1. The van der Waals surface area contributed by atoms with E-state index in [2.05, 4.69) is 32.3 Å². The van der Waals surface area contributed by atoms with E-state index in [1.165, 1.54) is 17.0 Å². The summed E-state index contributed by atoms with van der Waals surface area (Å²) in [6.07, 6.45) is 1.83. The Hall–Kier alpha value is -3.43. The van der Waals surface area contributed by atoms with Gasteiger partial charge in [-0.2, -0.15) is 4.98 Å². The smallest absolute Gasteiger partial charge is 0.258 e. The molecule has 1 aliphatic rings. The molecule has 9 heteroatoms. The Kier molecular flexibility index (Phi) is 4.82. The molecule has 5 rings (SSSR count). The van der Waals surface area contributed by atoms with Crippen LogP contribution in [0.25, 0.3) is 21.6 Å². The normalized spacial score (nSPS) is 14.2. The molecule has 0 atom stereocenters. The fraction of sp³-hybridized carbons (Fsp3) is 0.190. The molecule has 1 fully saturated rings. The van der Waals surface area contributed by atoms with Crippen LogP contribution in [-0.2, 0) is 4.74 Å². The van der Waals surface area contributed by atoms with Gasteiger partial charge in [-0.15, -0.1) is 11.3 Å². The quantitative estimate of drug-likeness (QED) is 0.457. The molecule has 4 N–H and O–H groups in total. The number of nitrogens with two attached hydrogens (primary N) is 1. The van der Waals surface area contributed by atoms with E-state index in [0.29, 0.717) is 10.8 Å². The van der Waals surface area contributed by atoms with Crippen LogP contribution in [0.1, 0.15) is 9.67 Å². The molecule has 1 aliphatic heterocycles. The molecule has 30 heavy (non-hydrogen) atoms. The predicted octanol–water partition coefficient (Wildman–Crippen LogP) is 3.37. The minimum Gasteiger partial charge on any atom is -0.378 e. The van der Waals surface area contributed by atoms with Gasteiger partial charge in [0.25, 0.3) is 5.91 Å². The van der Waals surface area contributed by atoms with Crippen molar-refractivity contribution >= 4 is 45.6 Å². The molecule has 1 aromatic carbocycles. The third kappa shape index (κ3) is 3.60. The Morgan fingerprint density at radius 2 is 1.90 bits per heavy atom. The molecular weight excluding hydrogens is 400 g/mol. The first-order valence-electron chi connectivity index (χ1n) is 9.62. The van der Waals surface area contributed by atoms with Crippen LogP contribution in [0.5, 0.6) is 0 Å². The maximum absolute atomic E-state index is 11.5. The van der Waals surface area contributed by atoms with Crippen molar-refractivity contribution in [2.24, 2.45) is 5.73 Å². The first-order chi connectivity index (χ1) is 14.7. The highest BCUT2D eigenvalue weighted by molar-refractivity contribution is 7.17. The number of amides is 1. The lowest BCUT2D eigenvalue weighted by molar-refractivity contribution is 0.100. The van der Waals surface area contributed by atoms with E-state index in [-0.39, 0.29) is 0 Å². The number of rotatable bonds is 5. The number of nitrogens with zero attached hydrogens (tertiary/aromatic N) is 3. The number of morpholine rings is 1. The van der Waals surface area contributed by atoms with Crippen LogP contribution in [-0.4, -0.2) is 47.2 Å². The maximum Gasteiger partial charge on any atom is 0.258 e. The number of hydrogen-bond donors (Lipinski definition) is 3. The summed E-state index contributed by atoms with van der Waals surface area (Å²) in [6.45, 7) is 3.31. The standard InChI is InChI=1S/C21H20N6O2S/c22-19(28)17-6-5-16(30-17)18-15-7-8-23-20(15)26-21(25-18)24-13-1-3-14(4-2-13)27-9-11-29-12-10-27/h1-8H,9-12H2,(H2,22,28)(H2,23,24,25,26). The second kappa shape index (κ2) is 7.77. The molecule has 0 bridgehead atoms. The Morgan fingerprint density at radius 1 is 1.10 bits per heavy atom. The zero-order chi connectivity index (χ0) is 20.5. The highest BCUT2D eigenvalue weighted by Crippen LogP contribution is 2.33. The van der Waals surface area contributed by atoms with Crippen LogP contribution in [0, 0.1) is 0 Å². The number of benzene rings is 1. The SMILES string of the molecule is NC(=O)c1ccc(-c2nc(Nc3ccc(N4CCOCC4)cc3)nc3[nH]ccc23)s1. The number of aromatic nitrogens is 3. The lowest BCUT2D eigenvalue weighted by Gasteiger charge is -2.28. The van der Waals surface area contributed by atoms with E-state index in [1.807, 2.05) is 30.5 Å². The molecule has 4 aromatic rings. The van der Waals surface area contributed by atoms with E-state index in [1.54, 1.807) is 6.07 Å². The van der Waals surface area contributed by atoms with Crippen molar-refractivity contribution in [3.05, 3.63) is 53.5 Å². The number of carbonyl (C=O) groups excluding carboxylic acids is 1. The summed E-state index contributed by atoms with van der Waals surface area (Å²) in [5.74, 6) is 0.0393. The van der Waals surface area contributed by atoms with Gasteiger partial charge in [0.2, 0.25) is 5.95 Å². The third-order valence-corrected chi connectivity index (χ3v) is 6.10. The van der Waals surface area contributed by atoms with Gasteiger partial charge in [0.15, 0.2) is 0 Å². The molecule has 1 saturated heterocycles. The lowest BCUT2D eigenvalue weighted by Crippen LogP contribution is -2.36. The van der Waals surface area contributed by atoms with Gasteiger partial charge < -0.3 is 25.7 Å². The molecule has 1 amide bonds. The fourth-order valence-electron chi connectivity index (χ4n) is 3.49. The van der Waals surface area contributed by atoms with Gasteiger partial charge in [-0.25, -0.2) is 4.98 Å². The average molecular weight is 420 g/mol. The van der Waals surface area contributed by atoms with Crippen LogP contribution >= 0.6 is 11.3 Å². The largest absolute Gasteiger partial charge is 0.378 e. The number of aromatic amines is 1. The number of fused-ring (bicyclic) bond motifs is 1. The van der Waals surface area contributed by atoms with Gasteiger partial charge in [0, 0.05) is 36.0 Å². The second-order valence-electron chi connectivity index (χ2n) is 6.94. The van der Waals surface area contributed by atoms with Crippen LogP contribution in [0.3, 0.4) is 0 Å². The van der Waals surface area contributed by atoms with E-state index in [0.717, 1.165) is 53.6 Å². The Bertz CT molecular complexity index is 1190. The van der Waals surface area contributed by atoms with Crippen LogP contribution in [0.15, 0.2) is 48.7 Å². The third-order valence-electron chi connectivity index (χ3n) is 5.00. The van der Waals surface area contributed by atoms with Gasteiger partial charge in [0.1, 0.15) is 5.65 Å². The second-order valence-corrected chi connectivity index (χ2v) is 8.02. The first kappa shape index (κ1) is 18.6. The van der Waals surface area contributed by atoms with Crippen molar-refractivity contribution in [1.82, 2.24) is 15.0 Å². The summed E-state index contributed by atoms with van der Waals surface area (Å²) in [5, 5.41) is 4.17. The van der Waals surface area contributed by atoms with Gasteiger partial charge in [-0.05, 0) is 42.5 Å². The molecule has 0 unspecified atom stereocenters. The van der Waals surface area contributed by atoms with E-state index in [4.69, 9.17) is 15.5 Å². The maximum atomic E-state index is 11.5. The Morgan fingerprint density at radius 3 is 2.63 bits per heavy atom. The topological polar surface area (TPSA) is 109 Å². The van der Waals surface area contributed by atoms with Crippen molar-refractivity contribution in [2.45, 2.75) is 0 Å². The summed E-state index contributed by atoms with van der Waals surface area (Å²) >= 11 is 1.32. The van der Waals surface area contributed by atoms with Gasteiger partial charge >= 0.3 is 0 Å². The van der Waals surface area contributed by atoms with E-state index >= 15 is 0 Å². The number of nitrogens with one attached hydrogen (secondary N) is 2. The highest BCUT2D eigenvalue weighted by atomic mass is 32.1. The molecule has 4 heterocycles. The van der Waals surface area contributed by atoms with Gasteiger partial charge in [0.05, 0.1) is 28.7 Å². The fourth-order valence-corrected chi connectivity index (χ4v) is 4.35. The molecule has 8 nitrogen and oxygen atoms in total. The number of anilines is 3. The van der Waals surface area contributed by atoms with Crippen LogP contribution in [0.2, 0.25) is 0 Å². The molecule has 0 spiro atoms. The molecule has 3 aromatic heterocycles. The number of hydrogen-bond acceptors (Lipinski definition) is 7.